The first-order valence-electron chi connectivity index (χ1n) is 7.70. The molecule has 3 rings (SSSR count). The van der Waals surface area contributed by atoms with Crippen LogP contribution in [0.1, 0.15) is 50.0 Å². The van der Waals surface area contributed by atoms with Crippen LogP contribution in [0.2, 0.25) is 0 Å². The van der Waals surface area contributed by atoms with Gasteiger partial charge >= 0.3 is 0 Å². The van der Waals surface area contributed by atoms with Crippen molar-refractivity contribution in [2.75, 3.05) is 13.1 Å². The average Bonchev–Trinajstić information content (AvgIpc) is 2.98. The lowest BCUT2D eigenvalue weighted by atomic mass is 9.87. The molecule has 2 atom stereocenters. The standard InChI is InChI=1S/C17H23NO/c19-17(18-12-5-2-6-13-18)16-11-7-10-15(16)14-8-3-1-4-9-14/h1,3-4,8-9,15-16H,2,5-7,10-13H2/t15-,16+/m0/s1. The molecule has 1 aromatic carbocycles. The van der Waals surface area contributed by atoms with Crippen molar-refractivity contribution in [3.8, 4) is 0 Å². The molecule has 2 aliphatic rings. The second-order valence-electron chi connectivity index (χ2n) is 5.94. The summed E-state index contributed by atoms with van der Waals surface area (Å²) in [5.74, 6) is 1.11. The van der Waals surface area contributed by atoms with Crippen molar-refractivity contribution >= 4 is 5.91 Å². The zero-order valence-electron chi connectivity index (χ0n) is 11.6. The van der Waals surface area contributed by atoms with Crippen LogP contribution in [0.15, 0.2) is 30.3 Å². The van der Waals surface area contributed by atoms with Crippen molar-refractivity contribution < 1.29 is 4.79 Å². The molecule has 0 N–H and O–H groups in total. The van der Waals surface area contributed by atoms with Crippen LogP contribution in [-0.2, 0) is 4.79 Å². The van der Waals surface area contributed by atoms with E-state index in [0.29, 0.717) is 11.8 Å². The first-order chi connectivity index (χ1) is 9.36. The molecule has 1 aromatic rings. The third kappa shape index (κ3) is 2.68. The van der Waals surface area contributed by atoms with Gasteiger partial charge in [0.15, 0.2) is 0 Å². The van der Waals surface area contributed by atoms with Crippen molar-refractivity contribution in [2.24, 2.45) is 5.92 Å². The molecule has 102 valence electrons. The van der Waals surface area contributed by atoms with Crippen LogP contribution < -0.4 is 0 Å². The number of carbonyl (C=O) groups is 1. The number of nitrogens with zero attached hydrogens (tertiary/aromatic N) is 1. The lowest BCUT2D eigenvalue weighted by molar-refractivity contribution is -0.136. The Morgan fingerprint density at radius 2 is 1.68 bits per heavy atom. The van der Waals surface area contributed by atoms with E-state index in [1.54, 1.807) is 0 Å². The van der Waals surface area contributed by atoms with Gasteiger partial charge in [0.1, 0.15) is 0 Å². The lowest BCUT2D eigenvalue weighted by Gasteiger charge is -2.31. The van der Waals surface area contributed by atoms with E-state index in [1.165, 1.54) is 37.7 Å². The van der Waals surface area contributed by atoms with Crippen molar-refractivity contribution in [3.63, 3.8) is 0 Å². The molecular weight excluding hydrogens is 234 g/mol. The number of amides is 1. The third-order valence-electron chi connectivity index (χ3n) is 4.73. The van der Waals surface area contributed by atoms with E-state index < -0.39 is 0 Å². The highest BCUT2D eigenvalue weighted by Gasteiger charge is 2.36. The molecule has 19 heavy (non-hydrogen) atoms. The lowest BCUT2D eigenvalue weighted by Crippen LogP contribution is -2.40. The fourth-order valence-electron chi connectivity index (χ4n) is 3.70. The number of likely N-dealkylation sites (tertiary alicyclic amines) is 1. The molecule has 2 nitrogen and oxygen atoms in total. The van der Waals surface area contributed by atoms with E-state index in [0.717, 1.165) is 19.5 Å². The van der Waals surface area contributed by atoms with E-state index in [9.17, 15) is 4.79 Å². The smallest absolute Gasteiger partial charge is 0.226 e. The summed E-state index contributed by atoms with van der Waals surface area (Å²) in [5, 5.41) is 0. The fourth-order valence-corrected chi connectivity index (χ4v) is 3.70. The summed E-state index contributed by atoms with van der Waals surface area (Å²) in [6, 6.07) is 10.6. The normalized spacial score (nSPS) is 27.5. The Morgan fingerprint density at radius 1 is 0.947 bits per heavy atom. The zero-order valence-corrected chi connectivity index (χ0v) is 11.6. The van der Waals surface area contributed by atoms with Crippen LogP contribution >= 0.6 is 0 Å². The van der Waals surface area contributed by atoms with Crippen molar-refractivity contribution in [1.29, 1.82) is 0 Å². The maximum absolute atomic E-state index is 12.7. The number of benzene rings is 1. The van der Waals surface area contributed by atoms with Gasteiger partial charge in [-0.3, -0.25) is 4.79 Å². The van der Waals surface area contributed by atoms with Gasteiger partial charge in [-0.15, -0.1) is 0 Å². The summed E-state index contributed by atoms with van der Waals surface area (Å²) in [4.78, 5) is 14.8. The van der Waals surface area contributed by atoms with Crippen LogP contribution in [0.4, 0.5) is 0 Å². The Hall–Kier alpha value is -1.31. The second kappa shape index (κ2) is 5.77. The minimum absolute atomic E-state index is 0.237. The molecule has 1 saturated heterocycles. The van der Waals surface area contributed by atoms with Crippen LogP contribution in [0, 0.1) is 5.92 Å². The summed E-state index contributed by atoms with van der Waals surface area (Å²) < 4.78 is 0. The minimum atomic E-state index is 0.237. The van der Waals surface area contributed by atoms with Gasteiger partial charge in [-0.05, 0) is 43.6 Å². The Kier molecular flexibility index (Phi) is 3.86. The quantitative estimate of drug-likeness (QED) is 0.793. The molecular formula is C17H23NO. The molecule has 1 heterocycles. The minimum Gasteiger partial charge on any atom is -0.342 e. The molecule has 0 unspecified atom stereocenters. The van der Waals surface area contributed by atoms with Gasteiger partial charge in [-0.25, -0.2) is 0 Å². The van der Waals surface area contributed by atoms with E-state index in [1.807, 2.05) is 0 Å². The molecule has 0 bridgehead atoms. The zero-order chi connectivity index (χ0) is 13.1. The first kappa shape index (κ1) is 12.7. The van der Waals surface area contributed by atoms with Gasteiger partial charge in [-0.1, -0.05) is 36.8 Å². The van der Waals surface area contributed by atoms with Gasteiger partial charge in [0.2, 0.25) is 5.91 Å². The third-order valence-corrected chi connectivity index (χ3v) is 4.73. The summed E-state index contributed by atoms with van der Waals surface area (Å²) >= 11 is 0. The molecule has 2 heteroatoms. The van der Waals surface area contributed by atoms with Crippen molar-refractivity contribution in [2.45, 2.75) is 44.4 Å². The van der Waals surface area contributed by atoms with Gasteiger partial charge < -0.3 is 4.90 Å². The van der Waals surface area contributed by atoms with Crippen molar-refractivity contribution in [1.82, 2.24) is 4.90 Å². The van der Waals surface area contributed by atoms with Crippen LogP contribution in [0.5, 0.6) is 0 Å². The van der Waals surface area contributed by atoms with E-state index in [2.05, 4.69) is 35.2 Å². The van der Waals surface area contributed by atoms with Gasteiger partial charge in [0.25, 0.3) is 0 Å². The van der Waals surface area contributed by atoms with Crippen LogP contribution in [-0.4, -0.2) is 23.9 Å². The maximum Gasteiger partial charge on any atom is 0.226 e. The Morgan fingerprint density at radius 3 is 2.42 bits per heavy atom. The van der Waals surface area contributed by atoms with E-state index in [-0.39, 0.29) is 5.92 Å². The Labute approximate surface area is 115 Å². The van der Waals surface area contributed by atoms with Gasteiger partial charge in [0, 0.05) is 19.0 Å². The predicted octanol–water partition coefficient (Wildman–Crippen LogP) is 3.58. The largest absolute Gasteiger partial charge is 0.342 e. The Balaban J connectivity index is 1.74. The number of piperidine rings is 1. The van der Waals surface area contributed by atoms with Crippen LogP contribution in [0.25, 0.3) is 0 Å². The molecule has 1 aliphatic heterocycles. The SMILES string of the molecule is O=C([C@@H]1CCC[C@H]1c1ccccc1)N1CCCCC1. The van der Waals surface area contributed by atoms with E-state index in [4.69, 9.17) is 0 Å². The Bertz CT molecular complexity index is 422. The number of hydrogen-bond acceptors (Lipinski definition) is 1. The monoisotopic (exact) mass is 257 g/mol. The average molecular weight is 257 g/mol. The van der Waals surface area contributed by atoms with Gasteiger partial charge in [-0.2, -0.15) is 0 Å². The predicted molar refractivity (Wildman–Crippen MR) is 77.0 cm³/mol. The molecule has 1 aliphatic carbocycles. The highest BCUT2D eigenvalue weighted by atomic mass is 16.2. The highest BCUT2D eigenvalue weighted by Crippen LogP contribution is 2.40. The molecule has 2 fully saturated rings. The fraction of sp³-hybridized carbons (Fsp3) is 0.588. The summed E-state index contributed by atoms with van der Waals surface area (Å²) in [5.41, 5.74) is 1.36. The first-order valence-corrected chi connectivity index (χ1v) is 7.70. The van der Waals surface area contributed by atoms with Crippen molar-refractivity contribution in [3.05, 3.63) is 35.9 Å². The molecule has 0 radical (unpaired) electrons. The number of rotatable bonds is 2. The summed E-state index contributed by atoms with van der Waals surface area (Å²) in [6.45, 7) is 1.97. The summed E-state index contributed by atoms with van der Waals surface area (Å²) in [6.07, 6.45) is 7.12. The molecule has 0 spiro atoms. The molecule has 1 amide bonds. The summed E-state index contributed by atoms with van der Waals surface area (Å²) in [7, 11) is 0. The van der Waals surface area contributed by atoms with Gasteiger partial charge in [0.05, 0.1) is 0 Å². The highest BCUT2D eigenvalue weighted by molar-refractivity contribution is 5.80. The van der Waals surface area contributed by atoms with E-state index >= 15 is 0 Å². The number of carbonyl (C=O) groups excluding carboxylic acids is 1. The molecule has 0 aromatic heterocycles. The number of hydrogen-bond donors (Lipinski definition) is 0. The second-order valence-corrected chi connectivity index (χ2v) is 5.94. The maximum atomic E-state index is 12.7. The van der Waals surface area contributed by atoms with Crippen LogP contribution in [0.3, 0.4) is 0 Å². The molecule has 1 saturated carbocycles. The topological polar surface area (TPSA) is 20.3 Å².